The van der Waals surface area contributed by atoms with Gasteiger partial charge in [-0.3, -0.25) is 14.5 Å². The monoisotopic (exact) mass is 601 g/mol. The van der Waals surface area contributed by atoms with Crippen LogP contribution in [0, 0.1) is 11.2 Å². The maximum absolute atomic E-state index is 14.2. The highest BCUT2D eigenvalue weighted by Crippen LogP contribution is 2.47. The number of Topliss-reactive ketones (excluding diaryl/α,β-unsaturated/α-hetero) is 1. The number of piperidine rings is 1. The molecule has 1 saturated heterocycles. The molecule has 0 spiro atoms. The number of ketones is 1. The van der Waals surface area contributed by atoms with E-state index in [4.69, 9.17) is 0 Å². The van der Waals surface area contributed by atoms with E-state index >= 15 is 0 Å². The topological polar surface area (TPSA) is 116 Å². The number of nitrogens with zero attached hydrogens (tertiary/aromatic N) is 7. The molecule has 0 bridgehead atoms. The number of benzene rings is 1. The number of halogens is 4. The van der Waals surface area contributed by atoms with E-state index in [-0.39, 0.29) is 31.0 Å². The van der Waals surface area contributed by atoms with Crippen molar-refractivity contribution in [1.82, 2.24) is 34.1 Å². The summed E-state index contributed by atoms with van der Waals surface area (Å²) in [6, 6.07) is 7.10. The van der Waals surface area contributed by atoms with E-state index in [2.05, 4.69) is 20.4 Å². The molecule has 1 fully saturated rings. The van der Waals surface area contributed by atoms with E-state index < -0.39 is 44.5 Å². The number of hydrogen-bond donors (Lipinski definition) is 0. The van der Waals surface area contributed by atoms with E-state index in [0.29, 0.717) is 35.1 Å². The molecule has 0 amide bonds. The summed E-state index contributed by atoms with van der Waals surface area (Å²) in [6.45, 7) is 1.81. The Hall–Kier alpha value is -4.24. The summed E-state index contributed by atoms with van der Waals surface area (Å²) >= 11 is 0. The number of hydrogen-bond acceptors (Lipinski definition) is 7. The molecular formula is C27H23F4N7O3S. The van der Waals surface area contributed by atoms with Crippen LogP contribution in [0.2, 0.25) is 0 Å². The first-order valence-electron chi connectivity index (χ1n) is 12.9. The van der Waals surface area contributed by atoms with Gasteiger partial charge in [0.15, 0.2) is 5.78 Å². The lowest BCUT2D eigenvalue weighted by Crippen LogP contribution is -2.53. The van der Waals surface area contributed by atoms with Crippen LogP contribution >= 0.6 is 0 Å². The highest BCUT2D eigenvalue weighted by molar-refractivity contribution is 7.89. The van der Waals surface area contributed by atoms with Crippen LogP contribution in [0.3, 0.4) is 0 Å². The summed E-state index contributed by atoms with van der Waals surface area (Å²) in [6.07, 6.45) is 0.794. The van der Waals surface area contributed by atoms with Gasteiger partial charge in [-0.15, -0.1) is 5.10 Å². The first-order valence-corrected chi connectivity index (χ1v) is 14.4. The Bertz CT molecular complexity index is 1830. The summed E-state index contributed by atoms with van der Waals surface area (Å²) in [7, 11) is -4.20. The summed E-state index contributed by atoms with van der Waals surface area (Å²) in [5.41, 5.74) is -0.758. The smallest absolute Gasteiger partial charge is 0.291 e. The van der Waals surface area contributed by atoms with Crippen LogP contribution < -0.4 is 0 Å². The van der Waals surface area contributed by atoms with Crippen molar-refractivity contribution in [1.29, 1.82) is 0 Å². The van der Waals surface area contributed by atoms with E-state index in [1.54, 1.807) is 29.8 Å². The Morgan fingerprint density at radius 1 is 1.14 bits per heavy atom. The van der Waals surface area contributed by atoms with Gasteiger partial charge in [-0.05, 0) is 67.8 Å². The molecule has 218 valence electrons. The number of fused-ring (bicyclic) bond motifs is 2. The minimum atomic E-state index is -4.71. The Balaban J connectivity index is 1.46. The third kappa shape index (κ3) is 4.61. The molecule has 1 aliphatic carbocycles. The molecule has 6 rings (SSSR count). The average molecular weight is 602 g/mol. The van der Waals surface area contributed by atoms with Crippen LogP contribution in [0.25, 0.3) is 11.8 Å². The second kappa shape index (κ2) is 9.94. The number of aromatic nitrogens is 6. The fourth-order valence-electron chi connectivity index (χ4n) is 5.47. The first kappa shape index (κ1) is 27.9. The molecule has 1 atom stereocenters. The average Bonchev–Trinajstić information content (AvgIpc) is 3.63. The molecule has 4 heterocycles. The molecule has 1 unspecified atom stereocenters. The normalized spacial score (nSPS) is 19.2. The third-order valence-electron chi connectivity index (χ3n) is 7.65. The van der Waals surface area contributed by atoms with Crippen molar-refractivity contribution in [2.75, 3.05) is 13.1 Å². The fraction of sp³-hybridized carbons (Fsp3) is 0.296. The summed E-state index contributed by atoms with van der Waals surface area (Å²) in [5, 5.41) is 11.7. The van der Waals surface area contributed by atoms with Crippen molar-refractivity contribution in [2.24, 2.45) is 5.41 Å². The summed E-state index contributed by atoms with van der Waals surface area (Å²) < 4.78 is 85.4. The minimum absolute atomic E-state index is 0.00177. The number of sulfonamides is 1. The second-order valence-electron chi connectivity index (χ2n) is 10.1. The Labute approximate surface area is 237 Å². The Kier molecular flexibility index (Phi) is 6.61. The van der Waals surface area contributed by atoms with Gasteiger partial charge in [0.1, 0.15) is 11.5 Å². The standard InChI is InChI=1S/C27H23F4N7O3S/c1-2-36-15-24(34-35-36)42(40,41)37-10-8-18-12-23-17(14-33-38(23)21-5-3-20(28)4-6-21)13-26(18,16-37)25(39)22-11-19(7-9-32-22)27(29,30)31/h3-7,9,11-12,14-15H,2,8,10,13,16H2,1H3. The SMILES string of the molecule is CCn1cc(S(=O)(=O)N2CCC3=Cc4c(cnn4-c4ccc(F)cc4)CC3(C(=O)c3cc(C(F)(F)F)ccn3)C2)nn1. The lowest BCUT2D eigenvalue weighted by atomic mass is 9.65. The van der Waals surface area contributed by atoms with E-state index in [0.717, 1.165) is 16.6 Å². The van der Waals surface area contributed by atoms with Crippen molar-refractivity contribution in [3.63, 3.8) is 0 Å². The number of aryl methyl sites for hydroxylation is 1. The minimum Gasteiger partial charge on any atom is -0.291 e. The van der Waals surface area contributed by atoms with Crippen molar-refractivity contribution in [3.05, 3.63) is 88.9 Å². The van der Waals surface area contributed by atoms with Gasteiger partial charge in [-0.1, -0.05) is 10.8 Å². The van der Waals surface area contributed by atoms with Gasteiger partial charge in [0.05, 0.1) is 34.8 Å². The van der Waals surface area contributed by atoms with Gasteiger partial charge in [0.25, 0.3) is 10.0 Å². The molecule has 42 heavy (non-hydrogen) atoms. The number of pyridine rings is 1. The van der Waals surface area contributed by atoms with Crippen LogP contribution in [-0.4, -0.2) is 61.4 Å². The largest absolute Gasteiger partial charge is 0.416 e. The maximum atomic E-state index is 14.2. The summed E-state index contributed by atoms with van der Waals surface area (Å²) in [4.78, 5) is 18.2. The number of carbonyl (C=O) groups excluding carboxylic acids is 1. The molecule has 0 radical (unpaired) electrons. The van der Waals surface area contributed by atoms with E-state index in [9.17, 15) is 30.8 Å². The molecule has 15 heteroatoms. The molecule has 0 saturated carbocycles. The van der Waals surface area contributed by atoms with Crippen molar-refractivity contribution in [3.8, 4) is 5.69 Å². The van der Waals surface area contributed by atoms with Crippen LogP contribution in [0.1, 0.15) is 40.7 Å². The van der Waals surface area contributed by atoms with Crippen molar-refractivity contribution in [2.45, 2.75) is 37.5 Å². The zero-order valence-electron chi connectivity index (χ0n) is 22.1. The van der Waals surface area contributed by atoms with Gasteiger partial charge in [-0.2, -0.15) is 22.6 Å². The van der Waals surface area contributed by atoms with Gasteiger partial charge in [0.2, 0.25) is 5.03 Å². The van der Waals surface area contributed by atoms with Crippen LogP contribution in [0.15, 0.2) is 65.6 Å². The highest BCUT2D eigenvalue weighted by atomic mass is 32.2. The predicted molar refractivity (Wildman–Crippen MR) is 140 cm³/mol. The lowest BCUT2D eigenvalue weighted by Gasteiger charge is -2.44. The lowest BCUT2D eigenvalue weighted by molar-refractivity contribution is -0.137. The van der Waals surface area contributed by atoms with Crippen molar-refractivity contribution >= 4 is 21.9 Å². The first-order chi connectivity index (χ1) is 19.9. The number of alkyl halides is 3. The van der Waals surface area contributed by atoms with E-state index in [1.807, 2.05) is 0 Å². The quantitative estimate of drug-likeness (QED) is 0.243. The molecule has 3 aromatic heterocycles. The van der Waals surface area contributed by atoms with Gasteiger partial charge >= 0.3 is 6.18 Å². The van der Waals surface area contributed by atoms with Gasteiger partial charge in [0, 0.05) is 25.8 Å². The van der Waals surface area contributed by atoms with Crippen molar-refractivity contribution < 1.29 is 30.8 Å². The molecule has 0 N–H and O–H groups in total. The third-order valence-corrected chi connectivity index (χ3v) is 9.36. The zero-order valence-corrected chi connectivity index (χ0v) is 22.9. The number of rotatable bonds is 6. The molecule has 4 aromatic rings. The Morgan fingerprint density at radius 3 is 2.60 bits per heavy atom. The van der Waals surface area contributed by atoms with Crippen LogP contribution in [-0.2, 0) is 29.2 Å². The zero-order chi connectivity index (χ0) is 29.9. The molecule has 1 aromatic carbocycles. The number of carbonyl (C=O) groups is 1. The van der Waals surface area contributed by atoms with Gasteiger partial charge < -0.3 is 0 Å². The summed E-state index contributed by atoms with van der Waals surface area (Å²) in [5.74, 6) is -1.17. The Morgan fingerprint density at radius 2 is 1.90 bits per heavy atom. The highest BCUT2D eigenvalue weighted by Gasteiger charge is 2.52. The fourth-order valence-corrected chi connectivity index (χ4v) is 6.85. The molecule has 10 nitrogen and oxygen atoms in total. The van der Waals surface area contributed by atoms with Gasteiger partial charge in [-0.25, -0.2) is 17.5 Å². The second-order valence-corrected chi connectivity index (χ2v) is 12.0. The van der Waals surface area contributed by atoms with Crippen LogP contribution in [0.5, 0.6) is 0 Å². The molecular weight excluding hydrogens is 578 g/mol. The molecule has 1 aliphatic heterocycles. The predicted octanol–water partition coefficient (Wildman–Crippen LogP) is 3.94. The van der Waals surface area contributed by atoms with Crippen LogP contribution in [0.4, 0.5) is 17.6 Å². The molecule has 2 aliphatic rings. The van der Waals surface area contributed by atoms with E-state index in [1.165, 1.54) is 29.2 Å². The maximum Gasteiger partial charge on any atom is 0.416 e.